The lowest BCUT2D eigenvalue weighted by molar-refractivity contribution is 0.0696. The van der Waals surface area contributed by atoms with Gasteiger partial charge in [-0.25, -0.2) is 4.39 Å². The Morgan fingerprint density at radius 1 is 0.974 bits per heavy atom. The molecule has 1 fully saturated rings. The molecule has 1 saturated heterocycles. The number of aryl methyl sites for hydroxylation is 1. The average molecular weight is 523 g/mol. The second kappa shape index (κ2) is 10.3. The Labute approximate surface area is 225 Å². The fraction of sp³-hybridized carbons (Fsp3) is 0.188. The normalized spacial score (nSPS) is 14.0. The number of fused-ring (bicyclic) bond motifs is 1. The number of furan rings is 1. The van der Waals surface area contributed by atoms with Gasteiger partial charge in [-0.05, 0) is 61.7 Å². The Hall–Kier alpha value is -4.49. The number of ether oxygens (including phenoxy) is 1. The zero-order valence-corrected chi connectivity index (χ0v) is 21.4. The zero-order valence-electron chi connectivity index (χ0n) is 21.4. The molecule has 0 saturated carbocycles. The highest BCUT2D eigenvalue weighted by atomic mass is 19.1. The molecule has 0 atom stereocenters. The van der Waals surface area contributed by atoms with E-state index in [0.717, 1.165) is 24.0 Å². The molecule has 39 heavy (non-hydrogen) atoms. The van der Waals surface area contributed by atoms with Crippen LogP contribution in [-0.4, -0.2) is 35.5 Å². The number of ketones is 1. The summed E-state index contributed by atoms with van der Waals surface area (Å²) in [5, 5.41) is 3.82. The molecule has 1 aliphatic rings. The highest BCUT2D eigenvalue weighted by molar-refractivity contribution is 6.20. The molecule has 3 heterocycles. The van der Waals surface area contributed by atoms with Crippen LogP contribution in [0.25, 0.3) is 27.7 Å². The molecule has 0 unspecified atom stereocenters. The van der Waals surface area contributed by atoms with E-state index in [-0.39, 0.29) is 17.7 Å². The molecule has 2 aromatic heterocycles. The minimum Gasteiger partial charge on any atom is -0.468 e. The quantitative estimate of drug-likeness (QED) is 0.259. The first-order chi connectivity index (χ1) is 19.0. The monoisotopic (exact) mass is 522 g/mol. The predicted molar refractivity (Wildman–Crippen MR) is 147 cm³/mol. The maximum absolute atomic E-state index is 14.1. The molecule has 0 spiro atoms. The number of rotatable bonds is 6. The van der Waals surface area contributed by atoms with Gasteiger partial charge in [-0.15, -0.1) is 0 Å². The van der Waals surface area contributed by atoms with Crippen molar-refractivity contribution in [1.29, 1.82) is 0 Å². The van der Waals surface area contributed by atoms with E-state index >= 15 is 0 Å². The van der Waals surface area contributed by atoms with E-state index in [1.54, 1.807) is 31.3 Å². The third-order valence-corrected chi connectivity index (χ3v) is 7.24. The summed E-state index contributed by atoms with van der Waals surface area (Å²) in [6.07, 6.45) is 4.85. The minimum absolute atomic E-state index is 0.0744. The molecule has 0 radical (unpaired) electrons. The molecule has 0 bridgehead atoms. The molecule has 7 heteroatoms. The van der Waals surface area contributed by atoms with Crippen LogP contribution in [0.1, 0.15) is 44.9 Å². The van der Waals surface area contributed by atoms with Crippen LogP contribution in [0.5, 0.6) is 0 Å². The first-order valence-corrected chi connectivity index (χ1v) is 13.0. The molecule has 1 aliphatic heterocycles. The number of carbonyl (C=O) groups is 2. The first-order valence-electron chi connectivity index (χ1n) is 13.0. The average Bonchev–Trinajstić information content (AvgIpc) is 3.54. The van der Waals surface area contributed by atoms with E-state index in [2.05, 4.69) is 5.32 Å². The molecular formula is C32H27FN2O4. The summed E-state index contributed by atoms with van der Waals surface area (Å²) in [4.78, 5) is 27.2. The number of nitrogens with one attached hydrogen (secondary N) is 1. The van der Waals surface area contributed by atoms with Gasteiger partial charge in [0.25, 0.3) is 5.91 Å². The maximum Gasteiger partial charge on any atom is 0.251 e. The maximum atomic E-state index is 14.1. The molecule has 6 nitrogen and oxygen atoms in total. The minimum atomic E-state index is -0.392. The predicted octanol–water partition coefficient (Wildman–Crippen LogP) is 6.48. The van der Waals surface area contributed by atoms with E-state index in [4.69, 9.17) is 9.15 Å². The van der Waals surface area contributed by atoms with E-state index in [0.29, 0.717) is 52.2 Å². The van der Waals surface area contributed by atoms with Crippen molar-refractivity contribution in [3.63, 3.8) is 0 Å². The van der Waals surface area contributed by atoms with Crippen LogP contribution in [0.4, 0.5) is 4.39 Å². The Morgan fingerprint density at radius 3 is 2.54 bits per heavy atom. The Kier molecular flexibility index (Phi) is 6.59. The van der Waals surface area contributed by atoms with Crippen LogP contribution in [0, 0.1) is 12.7 Å². The summed E-state index contributed by atoms with van der Waals surface area (Å²) in [5.41, 5.74) is 4.05. The van der Waals surface area contributed by atoms with Gasteiger partial charge in [-0.3, -0.25) is 9.59 Å². The molecular weight excluding hydrogens is 495 g/mol. The number of para-hydroxylation sites is 1. The largest absolute Gasteiger partial charge is 0.468 e. The van der Waals surface area contributed by atoms with Crippen molar-refractivity contribution in [3.8, 4) is 16.8 Å². The number of hydrogen-bond acceptors (Lipinski definition) is 4. The molecule has 1 amide bonds. The van der Waals surface area contributed by atoms with Gasteiger partial charge in [-0.2, -0.15) is 0 Å². The first kappa shape index (κ1) is 24.8. The Bertz CT molecular complexity index is 1680. The SMILES string of the molecule is Cc1occ(-c2cccc(F)c2)c1C(=O)c1cn(-c2ccccc2)c2cc(C(=O)NC3CCOCC3)ccc12. The summed E-state index contributed by atoms with van der Waals surface area (Å²) in [7, 11) is 0. The van der Waals surface area contributed by atoms with Gasteiger partial charge in [0.1, 0.15) is 11.6 Å². The zero-order chi connectivity index (χ0) is 26.9. The molecule has 1 N–H and O–H groups in total. The second-order valence-corrected chi connectivity index (χ2v) is 9.76. The molecule has 3 aromatic carbocycles. The topological polar surface area (TPSA) is 73.5 Å². The number of benzene rings is 3. The lowest BCUT2D eigenvalue weighted by Crippen LogP contribution is -2.38. The second-order valence-electron chi connectivity index (χ2n) is 9.76. The van der Waals surface area contributed by atoms with Crippen LogP contribution in [0.15, 0.2) is 89.7 Å². The number of carbonyl (C=O) groups excluding carboxylic acids is 2. The van der Waals surface area contributed by atoms with Gasteiger partial charge >= 0.3 is 0 Å². The van der Waals surface area contributed by atoms with Crippen molar-refractivity contribution >= 4 is 22.6 Å². The number of halogens is 1. The lowest BCUT2D eigenvalue weighted by atomic mass is 9.95. The van der Waals surface area contributed by atoms with E-state index in [9.17, 15) is 14.0 Å². The fourth-order valence-electron chi connectivity index (χ4n) is 5.20. The Morgan fingerprint density at radius 2 is 1.77 bits per heavy atom. The number of amides is 1. The van der Waals surface area contributed by atoms with Gasteiger partial charge in [0, 0.05) is 53.2 Å². The van der Waals surface area contributed by atoms with Gasteiger partial charge in [-0.1, -0.05) is 36.4 Å². The summed E-state index contributed by atoms with van der Waals surface area (Å²) in [6.45, 7) is 3.00. The number of nitrogens with zero attached hydrogens (tertiary/aromatic N) is 1. The summed E-state index contributed by atoms with van der Waals surface area (Å²) in [5.74, 6) is -0.333. The van der Waals surface area contributed by atoms with Crippen molar-refractivity contribution in [2.24, 2.45) is 0 Å². The van der Waals surface area contributed by atoms with Crippen LogP contribution >= 0.6 is 0 Å². The molecule has 6 rings (SSSR count). The molecule has 196 valence electrons. The van der Waals surface area contributed by atoms with Crippen LogP contribution < -0.4 is 5.32 Å². The highest BCUT2D eigenvalue weighted by Gasteiger charge is 2.26. The Balaban J connectivity index is 1.45. The number of aromatic nitrogens is 1. The highest BCUT2D eigenvalue weighted by Crippen LogP contribution is 2.34. The van der Waals surface area contributed by atoms with Crippen molar-refractivity contribution in [3.05, 3.63) is 114 Å². The van der Waals surface area contributed by atoms with Crippen LogP contribution in [-0.2, 0) is 4.74 Å². The summed E-state index contributed by atoms with van der Waals surface area (Å²) in [6, 6.07) is 21.2. The summed E-state index contributed by atoms with van der Waals surface area (Å²) >= 11 is 0. The molecule has 5 aromatic rings. The third kappa shape index (κ3) is 4.77. The summed E-state index contributed by atoms with van der Waals surface area (Å²) < 4.78 is 27.0. The van der Waals surface area contributed by atoms with Crippen molar-refractivity contribution < 1.29 is 23.1 Å². The van der Waals surface area contributed by atoms with E-state index < -0.39 is 5.82 Å². The van der Waals surface area contributed by atoms with Gasteiger partial charge in [0.2, 0.25) is 0 Å². The van der Waals surface area contributed by atoms with Crippen molar-refractivity contribution in [2.45, 2.75) is 25.8 Å². The fourth-order valence-corrected chi connectivity index (χ4v) is 5.20. The lowest BCUT2D eigenvalue weighted by Gasteiger charge is -2.23. The smallest absolute Gasteiger partial charge is 0.251 e. The third-order valence-electron chi connectivity index (χ3n) is 7.24. The van der Waals surface area contributed by atoms with Gasteiger partial charge in [0.05, 0.1) is 17.3 Å². The van der Waals surface area contributed by atoms with Crippen LogP contribution in [0.2, 0.25) is 0 Å². The van der Waals surface area contributed by atoms with Crippen molar-refractivity contribution in [1.82, 2.24) is 9.88 Å². The van der Waals surface area contributed by atoms with E-state index in [1.165, 1.54) is 18.4 Å². The van der Waals surface area contributed by atoms with E-state index in [1.807, 2.05) is 47.0 Å². The van der Waals surface area contributed by atoms with Crippen molar-refractivity contribution in [2.75, 3.05) is 13.2 Å². The number of hydrogen-bond donors (Lipinski definition) is 1. The van der Waals surface area contributed by atoms with Gasteiger partial charge in [0.15, 0.2) is 5.78 Å². The van der Waals surface area contributed by atoms with Gasteiger partial charge < -0.3 is 19.0 Å². The standard InChI is InChI=1S/C32H27FN2O4/c1-20-30(28(19-39-20)21-6-5-7-23(33)16-21)31(36)27-18-35(25-8-3-2-4-9-25)29-17-22(10-11-26(27)29)32(37)34-24-12-14-38-15-13-24/h2-11,16-19,24H,12-15H2,1H3,(H,34,37). The van der Waals surface area contributed by atoms with Crippen LogP contribution in [0.3, 0.4) is 0 Å². The molecule has 0 aliphatic carbocycles.